The number of amides is 1. The van der Waals surface area contributed by atoms with Crippen molar-refractivity contribution < 1.29 is 4.79 Å². The van der Waals surface area contributed by atoms with Crippen LogP contribution in [0, 0.1) is 0 Å². The van der Waals surface area contributed by atoms with Gasteiger partial charge in [-0.1, -0.05) is 18.2 Å². The molecular formula is C15H23N3O. The third-order valence-electron chi connectivity index (χ3n) is 3.67. The maximum atomic E-state index is 11.8. The van der Waals surface area contributed by atoms with E-state index >= 15 is 0 Å². The number of nitrogens with zero attached hydrogens (tertiary/aromatic N) is 1. The van der Waals surface area contributed by atoms with E-state index in [-0.39, 0.29) is 5.91 Å². The molecule has 0 aliphatic carbocycles. The highest BCUT2D eigenvalue weighted by molar-refractivity contribution is 5.78. The van der Waals surface area contributed by atoms with Crippen molar-refractivity contribution >= 4 is 5.91 Å². The molecule has 0 spiro atoms. The van der Waals surface area contributed by atoms with Crippen LogP contribution < -0.4 is 10.6 Å². The molecule has 4 nitrogen and oxygen atoms in total. The average Bonchev–Trinajstić information content (AvgIpc) is 2.83. The Bertz CT molecular complexity index is 457. The van der Waals surface area contributed by atoms with Gasteiger partial charge in [-0.2, -0.15) is 0 Å². The molecule has 1 aromatic rings. The van der Waals surface area contributed by atoms with E-state index in [1.807, 2.05) is 11.9 Å². The summed E-state index contributed by atoms with van der Waals surface area (Å²) in [4.78, 5) is 13.8. The molecule has 0 bridgehead atoms. The second-order valence-corrected chi connectivity index (χ2v) is 5.49. The van der Waals surface area contributed by atoms with Crippen LogP contribution in [0.2, 0.25) is 0 Å². The van der Waals surface area contributed by atoms with E-state index in [0.717, 1.165) is 13.1 Å². The maximum absolute atomic E-state index is 11.8. The molecule has 0 aromatic heterocycles. The van der Waals surface area contributed by atoms with E-state index in [4.69, 9.17) is 0 Å². The quantitative estimate of drug-likeness (QED) is 0.838. The first-order valence-corrected chi connectivity index (χ1v) is 6.84. The number of fused-ring (bicyclic) bond motifs is 1. The van der Waals surface area contributed by atoms with Gasteiger partial charge in [-0.05, 0) is 37.6 Å². The fraction of sp³-hybridized carbons (Fsp3) is 0.533. The van der Waals surface area contributed by atoms with Crippen LogP contribution in [0.25, 0.3) is 0 Å². The van der Waals surface area contributed by atoms with E-state index in [1.165, 1.54) is 16.7 Å². The number of hydrogen-bond acceptors (Lipinski definition) is 3. The summed E-state index contributed by atoms with van der Waals surface area (Å²) in [5, 5.41) is 6.30. The third kappa shape index (κ3) is 3.78. The first kappa shape index (κ1) is 14.0. The van der Waals surface area contributed by atoms with Gasteiger partial charge in [0.25, 0.3) is 0 Å². The molecule has 1 aliphatic heterocycles. The lowest BCUT2D eigenvalue weighted by atomic mass is 10.1. The van der Waals surface area contributed by atoms with Gasteiger partial charge < -0.3 is 10.6 Å². The Hall–Kier alpha value is -1.39. The van der Waals surface area contributed by atoms with Crippen LogP contribution in [0.5, 0.6) is 0 Å². The molecule has 1 amide bonds. The Kier molecular flexibility index (Phi) is 4.56. The summed E-state index contributed by atoms with van der Waals surface area (Å²) in [5.41, 5.74) is 3.89. The summed E-state index contributed by atoms with van der Waals surface area (Å²) in [6, 6.07) is 6.81. The number of carbonyl (C=O) groups excluding carboxylic acids is 1. The van der Waals surface area contributed by atoms with Crippen LogP contribution >= 0.6 is 0 Å². The lowest BCUT2D eigenvalue weighted by Crippen LogP contribution is -2.38. The standard InChI is InChI=1S/C15H23N3O/c1-11(2)18(3)10-15(19)17-7-12-4-5-13-8-16-9-14(13)6-12/h4-6,11,16H,7-10H2,1-3H3,(H,17,19). The van der Waals surface area contributed by atoms with Gasteiger partial charge in [0.1, 0.15) is 0 Å². The van der Waals surface area contributed by atoms with Gasteiger partial charge in [0, 0.05) is 25.7 Å². The van der Waals surface area contributed by atoms with Crippen LogP contribution in [0.3, 0.4) is 0 Å². The monoisotopic (exact) mass is 261 g/mol. The molecule has 2 N–H and O–H groups in total. The molecule has 0 unspecified atom stereocenters. The molecule has 0 saturated heterocycles. The predicted molar refractivity (Wildman–Crippen MR) is 76.6 cm³/mol. The van der Waals surface area contributed by atoms with E-state index in [0.29, 0.717) is 19.1 Å². The Labute approximate surface area is 115 Å². The van der Waals surface area contributed by atoms with Gasteiger partial charge in [0.05, 0.1) is 6.54 Å². The molecule has 0 radical (unpaired) electrons. The molecule has 0 saturated carbocycles. The summed E-state index contributed by atoms with van der Waals surface area (Å²) in [6.07, 6.45) is 0. The minimum Gasteiger partial charge on any atom is -0.351 e. The number of nitrogens with one attached hydrogen (secondary N) is 2. The zero-order valence-corrected chi connectivity index (χ0v) is 12.0. The molecule has 0 atom stereocenters. The van der Waals surface area contributed by atoms with Crippen molar-refractivity contribution in [3.63, 3.8) is 0 Å². The molecule has 1 aliphatic rings. The minimum absolute atomic E-state index is 0.0785. The molecule has 1 aromatic carbocycles. The Morgan fingerprint density at radius 3 is 2.84 bits per heavy atom. The average molecular weight is 261 g/mol. The summed E-state index contributed by atoms with van der Waals surface area (Å²) in [5.74, 6) is 0.0785. The van der Waals surface area contributed by atoms with Gasteiger partial charge in [-0.25, -0.2) is 0 Å². The van der Waals surface area contributed by atoms with Crippen molar-refractivity contribution in [3.8, 4) is 0 Å². The third-order valence-corrected chi connectivity index (χ3v) is 3.67. The predicted octanol–water partition coefficient (Wildman–Crippen LogP) is 1.25. The summed E-state index contributed by atoms with van der Waals surface area (Å²) >= 11 is 0. The van der Waals surface area contributed by atoms with Gasteiger partial charge in [-0.15, -0.1) is 0 Å². The van der Waals surface area contributed by atoms with Crippen molar-refractivity contribution in [2.75, 3.05) is 13.6 Å². The van der Waals surface area contributed by atoms with Crippen LogP contribution in [-0.4, -0.2) is 30.4 Å². The first-order valence-electron chi connectivity index (χ1n) is 6.84. The van der Waals surface area contributed by atoms with Gasteiger partial charge in [0.15, 0.2) is 0 Å². The molecule has 4 heteroatoms. The van der Waals surface area contributed by atoms with Gasteiger partial charge in [-0.3, -0.25) is 9.69 Å². The van der Waals surface area contributed by atoms with Crippen molar-refractivity contribution in [3.05, 3.63) is 34.9 Å². The largest absolute Gasteiger partial charge is 0.351 e. The lowest BCUT2D eigenvalue weighted by Gasteiger charge is -2.20. The second kappa shape index (κ2) is 6.17. The van der Waals surface area contributed by atoms with E-state index < -0.39 is 0 Å². The second-order valence-electron chi connectivity index (χ2n) is 5.49. The van der Waals surface area contributed by atoms with E-state index in [1.54, 1.807) is 0 Å². The number of hydrogen-bond donors (Lipinski definition) is 2. The van der Waals surface area contributed by atoms with Gasteiger partial charge >= 0.3 is 0 Å². The molecule has 2 rings (SSSR count). The molecule has 0 fully saturated rings. The Morgan fingerprint density at radius 2 is 2.11 bits per heavy atom. The SMILES string of the molecule is CC(C)N(C)CC(=O)NCc1ccc2c(c1)CNC2. The lowest BCUT2D eigenvalue weighted by molar-refractivity contribution is -0.122. The zero-order valence-electron chi connectivity index (χ0n) is 12.0. The zero-order chi connectivity index (χ0) is 13.8. The fourth-order valence-electron chi connectivity index (χ4n) is 2.12. The fourth-order valence-corrected chi connectivity index (χ4v) is 2.12. The molecular weight excluding hydrogens is 238 g/mol. The Morgan fingerprint density at radius 1 is 1.37 bits per heavy atom. The maximum Gasteiger partial charge on any atom is 0.234 e. The van der Waals surface area contributed by atoms with Crippen LogP contribution in [0.15, 0.2) is 18.2 Å². The smallest absolute Gasteiger partial charge is 0.234 e. The van der Waals surface area contributed by atoms with E-state index in [2.05, 4.69) is 42.7 Å². The highest BCUT2D eigenvalue weighted by Gasteiger charge is 2.11. The van der Waals surface area contributed by atoms with Crippen molar-refractivity contribution in [2.45, 2.75) is 39.5 Å². The minimum atomic E-state index is 0.0785. The number of carbonyl (C=O) groups is 1. The normalized spacial score (nSPS) is 13.9. The summed E-state index contributed by atoms with van der Waals surface area (Å²) in [6.45, 7) is 7.12. The van der Waals surface area contributed by atoms with Crippen molar-refractivity contribution in [1.82, 2.24) is 15.5 Å². The van der Waals surface area contributed by atoms with Crippen LogP contribution in [0.1, 0.15) is 30.5 Å². The number of likely N-dealkylation sites (N-methyl/N-ethyl adjacent to an activating group) is 1. The number of rotatable bonds is 5. The van der Waals surface area contributed by atoms with Crippen LogP contribution in [0.4, 0.5) is 0 Å². The molecule has 1 heterocycles. The molecule has 104 valence electrons. The van der Waals surface area contributed by atoms with Crippen molar-refractivity contribution in [2.24, 2.45) is 0 Å². The highest BCUT2D eigenvalue weighted by Crippen LogP contribution is 2.16. The van der Waals surface area contributed by atoms with Crippen LogP contribution in [-0.2, 0) is 24.4 Å². The summed E-state index contributed by atoms with van der Waals surface area (Å²) < 4.78 is 0. The topological polar surface area (TPSA) is 44.4 Å². The van der Waals surface area contributed by atoms with Gasteiger partial charge in [0.2, 0.25) is 5.91 Å². The van der Waals surface area contributed by atoms with E-state index in [9.17, 15) is 4.79 Å². The molecule has 19 heavy (non-hydrogen) atoms. The summed E-state index contributed by atoms with van der Waals surface area (Å²) in [7, 11) is 1.96. The van der Waals surface area contributed by atoms with Crippen molar-refractivity contribution in [1.29, 1.82) is 0 Å². The Balaban J connectivity index is 1.84. The first-order chi connectivity index (χ1) is 9.06. The highest BCUT2D eigenvalue weighted by atomic mass is 16.2. The number of benzene rings is 1.